The molecule has 7 rings (SSSR count). The molecule has 3 aliphatic rings. The van der Waals surface area contributed by atoms with Crippen LogP contribution >= 0.6 is 0 Å². The van der Waals surface area contributed by atoms with Gasteiger partial charge in [0, 0.05) is 43.2 Å². The van der Waals surface area contributed by atoms with Crippen molar-refractivity contribution in [3.8, 4) is 22.9 Å². The summed E-state index contributed by atoms with van der Waals surface area (Å²) in [7, 11) is 0. The molecule has 44 heavy (non-hydrogen) atoms. The molecule has 0 N–H and O–H groups in total. The molecule has 1 saturated carbocycles. The Morgan fingerprint density at radius 3 is 1.89 bits per heavy atom. The van der Waals surface area contributed by atoms with E-state index in [4.69, 9.17) is 23.9 Å². The molecule has 0 radical (unpaired) electrons. The van der Waals surface area contributed by atoms with Gasteiger partial charge in [0.05, 0.1) is 13.2 Å². The van der Waals surface area contributed by atoms with Gasteiger partial charge in [0.1, 0.15) is 13.2 Å². The molecule has 1 aromatic heterocycles. The van der Waals surface area contributed by atoms with Crippen LogP contribution in [0.25, 0.3) is 11.1 Å². The molecule has 2 aliphatic heterocycles. The Bertz CT molecular complexity index is 1470. The average molecular weight is 591 g/mol. The minimum absolute atomic E-state index is 0.254. The van der Waals surface area contributed by atoms with E-state index in [1.807, 2.05) is 42.5 Å². The largest absolute Gasteiger partial charge is 0.473 e. The van der Waals surface area contributed by atoms with Crippen LogP contribution in [0.3, 0.4) is 0 Å². The summed E-state index contributed by atoms with van der Waals surface area (Å²) in [5.41, 5.74) is 5.53. The Morgan fingerprint density at radius 1 is 0.659 bits per heavy atom. The molecule has 0 atom stereocenters. The number of aromatic nitrogens is 1. The van der Waals surface area contributed by atoms with Gasteiger partial charge in [-0.15, -0.1) is 0 Å². The third-order valence-electron chi connectivity index (χ3n) is 9.64. The van der Waals surface area contributed by atoms with E-state index < -0.39 is 0 Å². The Labute approximate surface area is 260 Å². The van der Waals surface area contributed by atoms with Crippen molar-refractivity contribution in [3.05, 3.63) is 108 Å². The topological polar surface area (TPSA) is 53.1 Å². The lowest BCUT2D eigenvalue weighted by Crippen LogP contribution is -2.40. The van der Waals surface area contributed by atoms with Crippen LogP contribution in [0.1, 0.15) is 49.7 Å². The number of benzene rings is 3. The number of pyridine rings is 1. The third kappa shape index (κ3) is 6.77. The van der Waals surface area contributed by atoms with Gasteiger partial charge in [-0.2, -0.15) is 4.98 Å². The molecule has 1 spiro atoms. The highest BCUT2D eigenvalue weighted by atomic mass is 16.7. The van der Waals surface area contributed by atoms with E-state index in [2.05, 4.69) is 59.5 Å². The molecule has 3 fully saturated rings. The van der Waals surface area contributed by atoms with Crippen molar-refractivity contribution in [2.75, 3.05) is 31.2 Å². The first kappa shape index (κ1) is 28.9. The van der Waals surface area contributed by atoms with E-state index >= 15 is 0 Å². The fraction of sp³-hybridized carbons (Fsp3) is 0.395. The van der Waals surface area contributed by atoms with E-state index in [9.17, 15) is 0 Å². The van der Waals surface area contributed by atoms with Crippen molar-refractivity contribution >= 4 is 5.69 Å². The van der Waals surface area contributed by atoms with Gasteiger partial charge in [-0.1, -0.05) is 72.8 Å². The molecule has 6 heteroatoms. The molecule has 228 valence electrons. The molecule has 6 nitrogen and oxygen atoms in total. The number of hydrogen-bond donors (Lipinski definition) is 0. The molecule has 2 saturated heterocycles. The van der Waals surface area contributed by atoms with E-state index in [1.165, 1.54) is 31.4 Å². The van der Waals surface area contributed by atoms with Crippen LogP contribution in [0.4, 0.5) is 5.69 Å². The molecule has 0 unspecified atom stereocenters. The minimum atomic E-state index is -0.254. The summed E-state index contributed by atoms with van der Waals surface area (Å²) in [5.74, 6) is 2.49. The lowest BCUT2D eigenvalue weighted by Gasteiger charge is -2.42. The minimum Gasteiger partial charge on any atom is -0.473 e. The highest BCUT2D eigenvalue weighted by Crippen LogP contribution is 2.43. The quantitative estimate of drug-likeness (QED) is 0.197. The molecule has 4 aromatic rings. The maximum Gasteiger partial charge on any atom is 0.225 e. The van der Waals surface area contributed by atoms with Gasteiger partial charge in [0.2, 0.25) is 11.8 Å². The second-order valence-electron chi connectivity index (χ2n) is 12.4. The second kappa shape index (κ2) is 13.4. The lowest BCUT2D eigenvalue weighted by molar-refractivity contribution is -0.185. The number of ether oxygens (including phenoxy) is 4. The molecular weight excluding hydrogens is 548 g/mol. The first-order chi connectivity index (χ1) is 21.7. The van der Waals surface area contributed by atoms with Crippen molar-refractivity contribution < 1.29 is 18.9 Å². The first-order valence-corrected chi connectivity index (χ1v) is 16.2. The Balaban J connectivity index is 1.00. The fourth-order valence-corrected chi connectivity index (χ4v) is 7.11. The van der Waals surface area contributed by atoms with Crippen LogP contribution in [0, 0.1) is 11.8 Å². The van der Waals surface area contributed by atoms with Crippen molar-refractivity contribution in [2.24, 2.45) is 11.8 Å². The van der Waals surface area contributed by atoms with Crippen molar-refractivity contribution in [2.45, 2.75) is 57.5 Å². The van der Waals surface area contributed by atoms with Gasteiger partial charge in [-0.3, -0.25) is 0 Å². The summed E-state index contributed by atoms with van der Waals surface area (Å²) in [6, 6.07) is 33.2. The second-order valence-corrected chi connectivity index (χ2v) is 12.4. The van der Waals surface area contributed by atoms with Crippen LogP contribution in [0.5, 0.6) is 11.8 Å². The highest BCUT2D eigenvalue weighted by molar-refractivity contribution is 5.71. The van der Waals surface area contributed by atoms with Crippen molar-refractivity contribution in [1.82, 2.24) is 4.98 Å². The lowest BCUT2D eigenvalue weighted by atomic mass is 9.74. The van der Waals surface area contributed by atoms with Gasteiger partial charge in [-0.25, -0.2) is 0 Å². The number of piperidine rings is 1. The average Bonchev–Trinajstić information content (AvgIpc) is 3.55. The summed E-state index contributed by atoms with van der Waals surface area (Å²) in [5, 5.41) is 0. The molecule has 3 heterocycles. The molecule has 0 bridgehead atoms. The zero-order valence-electron chi connectivity index (χ0n) is 25.4. The maximum atomic E-state index is 6.30. The number of hydrogen-bond acceptors (Lipinski definition) is 6. The van der Waals surface area contributed by atoms with E-state index in [-0.39, 0.29) is 5.79 Å². The molecule has 0 amide bonds. The zero-order valence-corrected chi connectivity index (χ0v) is 25.4. The number of nitrogens with zero attached hydrogens (tertiary/aromatic N) is 2. The highest BCUT2D eigenvalue weighted by Gasteiger charge is 2.42. The van der Waals surface area contributed by atoms with Crippen LogP contribution in [-0.2, 0) is 22.7 Å². The molecule has 1 aliphatic carbocycles. The number of anilines is 1. The first-order valence-electron chi connectivity index (χ1n) is 16.2. The Hall–Kier alpha value is -3.87. The van der Waals surface area contributed by atoms with Crippen LogP contribution in [0.15, 0.2) is 97.1 Å². The third-order valence-corrected chi connectivity index (χ3v) is 9.64. The smallest absolute Gasteiger partial charge is 0.225 e. The summed E-state index contributed by atoms with van der Waals surface area (Å²) >= 11 is 0. The summed E-state index contributed by atoms with van der Waals surface area (Å²) in [6.45, 7) is 4.64. The maximum absolute atomic E-state index is 6.30. The van der Waals surface area contributed by atoms with Crippen LogP contribution < -0.4 is 14.4 Å². The standard InChI is InChI=1S/C38H42N2O4/c1-3-7-29(8-4-1)27-41-36-16-15-35(37(39-36)42-28-30-9-5-2-6-10-30)33-11-13-34(14-12-33)40-23-19-32(20-24-40)31-17-21-38(22-18-31)43-25-26-44-38/h1-16,31-32H,17-28H2. The predicted molar refractivity (Wildman–Crippen MR) is 173 cm³/mol. The number of rotatable bonds is 9. The van der Waals surface area contributed by atoms with Crippen molar-refractivity contribution in [3.63, 3.8) is 0 Å². The van der Waals surface area contributed by atoms with Gasteiger partial charge in [-0.05, 0) is 72.4 Å². The Kier molecular flexibility index (Phi) is 8.80. The van der Waals surface area contributed by atoms with Gasteiger partial charge in [0.15, 0.2) is 5.79 Å². The summed E-state index contributed by atoms with van der Waals surface area (Å²) < 4.78 is 24.3. The van der Waals surface area contributed by atoms with E-state index in [0.29, 0.717) is 25.0 Å². The van der Waals surface area contributed by atoms with Gasteiger partial charge < -0.3 is 23.8 Å². The summed E-state index contributed by atoms with van der Waals surface area (Å²) in [4.78, 5) is 7.34. The Morgan fingerprint density at radius 2 is 1.25 bits per heavy atom. The monoisotopic (exact) mass is 590 g/mol. The van der Waals surface area contributed by atoms with Gasteiger partial charge >= 0.3 is 0 Å². The SMILES string of the molecule is c1ccc(COc2ccc(-c3ccc(N4CCC(C5CCC6(CC5)OCCO6)CC4)cc3)c(OCc3ccccc3)n2)cc1. The predicted octanol–water partition coefficient (Wildman–Crippen LogP) is 8.06. The van der Waals surface area contributed by atoms with Crippen LogP contribution in [-0.4, -0.2) is 37.1 Å². The summed E-state index contributed by atoms with van der Waals surface area (Å²) in [6.07, 6.45) is 7.10. The van der Waals surface area contributed by atoms with E-state index in [1.54, 1.807) is 0 Å². The van der Waals surface area contributed by atoms with Crippen LogP contribution in [0.2, 0.25) is 0 Å². The normalized spacial score (nSPS) is 18.9. The van der Waals surface area contributed by atoms with E-state index in [0.717, 1.165) is 73.2 Å². The fourth-order valence-electron chi connectivity index (χ4n) is 7.11. The molecular formula is C38H42N2O4. The van der Waals surface area contributed by atoms with Crippen molar-refractivity contribution in [1.29, 1.82) is 0 Å². The zero-order chi connectivity index (χ0) is 29.6. The van der Waals surface area contributed by atoms with Gasteiger partial charge in [0.25, 0.3) is 0 Å². The molecule has 3 aromatic carbocycles.